The Hall–Kier alpha value is -2.95. The number of carbonyl (C=O) groups excluding carboxylic acids is 1. The third-order valence-electron chi connectivity index (χ3n) is 3.69. The molecule has 1 N–H and O–H groups in total. The van der Waals surface area contributed by atoms with Gasteiger partial charge in [0.1, 0.15) is 5.69 Å². The van der Waals surface area contributed by atoms with Crippen molar-refractivity contribution in [1.29, 1.82) is 0 Å². The SMILES string of the molecule is CCCNC(=O)Cc1nnn(-c2ccccc2)c1-c1ccccc1. The van der Waals surface area contributed by atoms with E-state index in [4.69, 9.17) is 0 Å². The number of nitrogens with one attached hydrogen (secondary N) is 1. The summed E-state index contributed by atoms with van der Waals surface area (Å²) in [6, 6.07) is 19.7. The first-order valence-corrected chi connectivity index (χ1v) is 8.11. The first-order valence-electron chi connectivity index (χ1n) is 8.11. The van der Waals surface area contributed by atoms with E-state index < -0.39 is 0 Å². The van der Waals surface area contributed by atoms with Crippen molar-refractivity contribution < 1.29 is 4.79 Å². The standard InChI is InChI=1S/C19H20N4O/c1-2-13-20-18(24)14-17-19(15-9-5-3-6-10-15)23(22-21-17)16-11-7-4-8-12-16/h3-12H,2,13-14H2,1H3,(H,20,24). The van der Waals surface area contributed by atoms with Crippen molar-refractivity contribution in [2.45, 2.75) is 19.8 Å². The maximum atomic E-state index is 12.1. The quantitative estimate of drug-likeness (QED) is 0.759. The Kier molecular flexibility index (Phi) is 5.01. The lowest BCUT2D eigenvalue weighted by atomic mass is 10.1. The van der Waals surface area contributed by atoms with Crippen LogP contribution in [0.4, 0.5) is 0 Å². The predicted octanol–water partition coefficient (Wildman–Crippen LogP) is 3.00. The average molecular weight is 320 g/mol. The molecule has 1 aromatic heterocycles. The summed E-state index contributed by atoms with van der Waals surface area (Å²) in [4.78, 5) is 12.1. The highest BCUT2D eigenvalue weighted by Crippen LogP contribution is 2.25. The summed E-state index contributed by atoms with van der Waals surface area (Å²) in [6.45, 7) is 2.70. The molecular weight excluding hydrogens is 300 g/mol. The van der Waals surface area contributed by atoms with Gasteiger partial charge in [0.2, 0.25) is 5.91 Å². The van der Waals surface area contributed by atoms with E-state index in [1.54, 1.807) is 4.68 Å². The molecule has 24 heavy (non-hydrogen) atoms. The van der Waals surface area contributed by atoms with Gasteiger partial charge < -0.3 is 5.32 Å². The van der Waals surface area contributed by atoms with Gasteiger partial charge >= 0.3 is 0 Å². The van der Waals surface area contributed by atoms with E-state index in [1.165, 1.54) is 0 Å². The number of amides is 1. The van der Waals surface area contributed by atoms with Crippen molar-refractivity contribution in [3.8, 4) is 16.9 Å². The number of hydrogen-bond donors (Lipinski definition) is 1. The topological polar surface area (TPSA) is 59.8 Å². The zero-order valence-electron chi connectivity index (χ0n) is 13.6. The van der Waals surface area contributed by atoms with Gasteiger partial charge in [-0.25, -0.2) is 4.68 Å². The maximum Gasteiger partial charge on any atom is 0.226 e. The molecule has 0 spiro atoms. The maximum absolute atomic E-state index is 12.1. The van der Waals surface area contributed by atoms with Gasteiger partial charge in [-0.05, 0) is 18.6 Å². The summed E-state index contributed by atoms with van der Waals surface area (Å²) < 4.78 is 1.79. The van der Waals surface area contributed by atoms with Crippen LogP contribution in [-0.2, 0) is 11.2 Å². The molecule has 122 valence electrons. The van der Waals surface area contributed by atoms with Gasteiger partial charge in [-0.3, -0.25) is 4.79 Å². The highest BCUT2D eigenvalue weighted by Gasteiger charge is 2.18. The fourth-order valence-electron chi connectivity index (χ4n) is 2.55. The zero-order chi connectivity index (χ0) is 16.8. The smallest absolute Gasteiger partial charge is 0.226 e. The van der Waals surface area contributed by atoms with Crippen LogP contribution in [0.25, 0.3) is 16.9 Å². The van der Waals surface area contributed by atoms with E-state index in [-0.39, 0.29) is 12.3 Å². The molecule has 1 amide bonds. The summed E-state index contributed by atoms with van der Waals surface area (Å²) in [7, 11) is 0. The number of carbonyl (C=O) groups is 1. The molecule has 0 saturated carbocycles. The highest BCUT2D eigenvalue weighted by molar-refractivity contribution is 5.80. The molecule has 3 aromatic rings. The van der Waals surface area contributed by atoms with Crippen LogP contribution in [0.1, 0.15) is 19.0 Å². The molecule has 0 fully saturated rings. The Morgan fingerprint density at radius 2 is 1.71 bits per heavy atom. The lowest BCUT2D eigenvalue weighted by Crippen LogP contribution is -2.26. The summed E-state index contributed by atoms with van der Waals surface area (Å²) in [5.41, 5.74) is 3.45. The number of rotatable bonds is 6. The Balaban J connectivity index is 2.01. The van der Waals surface area contributed by atoms with E-state index in [9.17, 15) is 4.79 Å². The van der Waals surface area contributed by atoms with Gasteiger partial charge in [0.25, 0.3) is 0 Å². The normalized spacial score (nSPS) is 10.5. The molecule has 0 aliphatic carbocycles. The van der Waals surface area contributed by atoms with Crippen molar-refractivity contribution >= 4 is 5.91 Å². The number of para-hydroxylation sites is 1. The third-order valence-corrected chi connectivity index (χ3v) is 3.69. The van der Waals surface area contributed by atoms with Crippen molar-refractivity contribution in [3.05, 3.63) is 66.4 Å². The largest absolute Gasteiger partial charge is 0.356 e. The van der Waals surface area contributed by atoms with Crippen molar-refractivity contribution in [1.82, 2.24) is 20.3 Å². The molecule has 0 aliphatic heterocycles. The Bertz CT molecular complexity index is 797. The van der Waals surface area contributed by atoms with Crippen LogP contribution in [0, 0.1) is 0 Å². The van der Waals surface area contributed by atoms with Gasteiger partial charge in [0.05, 0.1) is 17.8 Å². The van der Waals surface area contributed by atoms with Crippen LogP contribution in [0.5, 0.6) is 0 Å². The van der Waals surface area contributed by atoms with Crippen LogP contribution in [0.2, 0.25) is 0 Å². The first kappa shape index (κ1) is 15.9. The summed E-state index contributed by atoms with van der Waals surface area (Å²) >= 11 is 0. The van der Waals surface area contributed by atoms with Crippen LogP contribution >= 0.6 is 0 Å². The molecule has 0 saturated heterocycles. The minimum absolute atomic E-state index is 0.0332. The molecular formula is C19H20N4O. The van der Waals surface area contributed by atoms with Gasteiger partial charge in [0, 0.05) is 12.1 Å². The van der Waals surface area contributed by atoms with E-state index in [1.807, 2.05) is 67.6 Å². The second-order valence-electron chi connectivity index (χ2n) is 5.52. The predicted molar refractivity (Wildman–Crippen MR) is 93.8 cm³/mol. The molecule has 0 unspecified atom stereocenters. The summed E-state index contributed by atoms with van der Waals surface area (Å²) in [5, 5.41) is 11.4. The van der Waals surface area contributed by atoms with Gasteiger partial charge in [-0.2, -0.15) is 0 Å². The average Bonchev–Trinajstić information content (AvgIpc) is 3.05. The fourth-order valence-corrected chi connectivity index (χ4v) is 2.55. The van der Waals surface area contributed by atoms with Gasteiger partial charge in [0.15, 0.2) is 0 Å². The second kappa shape index (κ2) is 7.55. The van der Waals surface area contributed by atoms with Crippen molar-refractivity contribution in [2.24, 2.45) is 0 Å². The summed E-state index contributed by atoms with van der Waals surface area (Å²) in [6.07, 6.45) is 1.13. The minimum Gasteiger partial charge on any atom is -0.356 e. The number of benzene rings is 2. The third kappa shape index (κ3) is 3.51. The van der Waals surface area contributed by atoms with Crippen LogP contribution in [0.3, 0.4) is 0 Å². The van der Waals surface area contributed by atoms with Gasteiger partial charge in [-0.1, -0.05) is 60.7 Å². The summed E-state index contributed by atoms with van der Waals surface area (Å²) in [5.74, 6) is -0.0332. The molecule has 0 atom stereocenters. The second-order valence-corrected chi connectivity index (χ2v) is 5.52. The van der Waals surface area contributed by atoms with E-state index >= 15 is 0 Å². The lowest BCUT2D eigenvalue weighted by Gasteiger charge is -2.08. The molecule has 5 nitrogen and oxygen atoms in total. The molecule has 0 bridgehead atoms. The fraction of sp³-hybridized carbons (Fsp3) is 0.211. The van der Waals surface area contributed by atoms with Crippen LogP contribution in [0.15, 0.2) is 60.7 Å². The molecule has 3 rings (SSSR count). The highest BCUT2D eigenvalue weighted by atomic mass is 16.1. The zero-order valence-corrected chi connectivity index (χ0v) is 13.6. The van der Waals surface area contributed by atoms with Crippen molar-refractivity contribution in [2.75, 3.05) is 6.54 Å². The molecule has 0 aliphatic rings. The Morgan fingerprint density at radius 3 is 2.38 bits per heavy atom. The van der Waals surface area contributed by atoms with Crippen LogP contribution < -0.4 is 5.32 Å². The number of nitrogens with zero attached hydrogens (tertiary/aromatic N) is 3. The molecule has 2 aromatic carbocycles. The molecule has 1 heterocycles. The van der Waals surface area contributed by atoms with E-state index in [0.717, 1.165) is 23.4 Å². The van der Waals surface area contributed by atoms with Crippen LogP contribution in [-0.4, -0.2) is 27.4 Å². The van der Waals surface area contributed by atoms with Gasteiger partial charge in [-0.15, -0.1) is 5.10 Å². The molecule has 0 radical (unpaired) electrons. The number of aromatic nitrogens is 3. The van der Waals surface area contributed by atoms with E-state index in [2.05, 4.69) is 15.6 Å². The van der Waals surface area contributed by atoms with Crippen molar-refractivity contribution in [3.63, 3.8) is 0 Å². The molecule has 5 heteroatoms. The lowest BCUT2D eigenvalue weighted by molar-refractivity contribution is -0.120. The van der Waals surface area contributed by atoms with E-state index in [0.29, 0.717) is 12.2 Å². The first-order chi connectivity index (χ1) is 11.8. The monoisotopic (exact) mass is 320 g/mol. The Morgan fingerprint density at radius 1 is 1.04 bits per heavy atom. The minimum atomic E-state index is -0.0332. The number of hydrogen-bond acceptors (Lipinski definition) is 3. The Labute approximate surface area is 141 Å².